The molecule has 0 radical (unpaired) electrons. The van der Waals surface area contributed by atoms with Crippen LogP contribution in [0.1, 0.15) is 35.3 Å². The molecule has 0 aliphatic carbocycles. The highest BCUT2D eigenvalue weighted by atomic mass is 16.5. The van der Waals surface area contributed by atoms with E-state index in [9.17, 15) is 14.9 Å². The third kappa shape index (κ3) is 5.55. The largest absolute Gasteiger partial charge is 0.495 e. The normalized spacial score (nSPS) is 14.2. The molecule has 0 atom stereocenters. The van der Waals surface area contributed by atoms with E-state index in [-0.39, 0.29) is 11.8 Å². The maximum Gasteiger partial charge on any atom is 0.257 e. The van der Waals surface area contributed by atoms with Gasteiger partial charge in [-0.25, -0.2) is 0 Å². The summed E-state index contributed by atoms with van der Waals surface area (Å²) in [6, 6.07) is 26.5. The molecule has 2 heterocycles. The molecule has 0 bridgehead atoms. The third-order valence-corrected chi connectivity index (χ3v) is 8.25. The lowest BCUT2D eigenvalue weighted by Gasteiger charge is -2.29. The van der Waals surface area contributed by atoms with Crippen LogP contribution < -0.4 is 25.6 Å². The average molecular weight is 588 g/mol. The molecular weight excluding hydrogens is 554 g/mol. The van der Waals surface area contributed by atoms with Crippen molar-refractivity contribution in [1.82, 2.24) is 0 Å². The van der Waals surface area contributed by atoms with Crippen LogP contribution in [0.3, 0.4) is 0 Å². The van der Waals surface area contributed by atoms with Gasteiger partial charge in [0.25, 0.3) is 5.91 Å². The molecule has 3 N–H and O–H groups in total. The lowest BCUT2D eigenvalue weighted by molar-refractivity contribution is -0.120. The van der Waals surface area contributed by atoms with E-state index >= 15 is 0 Å². The number of nitriles is 1. The Hall–Kier alpha value is -5.33. The molecule has 44 heavy (non-hydrogen) atoms. The average Bonchev–Trinajstić information content (AvgIpc) is 3.19. The van der Waals surface area contributed by atoms with Gasteiger partial charge in [-0.2, -0.15) is 5.26 Å². The molecular formula is C35H33N5O4. The van der Waals surface area contributed by atoms with Crippen molar-refractivity contribution in [3.05, 3.63) is 95.6 Å². The van der Waals surface area contributed by atoms with Gasteiger partial charge in [-0.3, -0.25) is 9.59 Å². The molecule has 1 fully saturated rings. The number of fused-ring (bicyclic) bond motifs is 2. The van der Waals surface area contributed by atoms with Gasteiger partial charge in [0.15, 0.2) is 0 Å². The van der Waals surface area contributed by atoms with E-state index in [2.05, 4.69) is 26.9 Å². The van der Waals surface area contributed by atoms with E-state index in [1.165, 1.54) is 7.11 Å². The standard InChI is InChI=1S/C35H33N5O4/c1-35(2,34(42)37-26-8-10-27(11-9-26)40-14-16-44-17-15-40)25-7-13-29-31(20-25)39-33(41)28-12-6-22(18-30(28)38-29)23-4-5-24(21-36)32(19-23)43-3/h4-13,18-20,38H,14-17H2,1-3H3,(H,37,42)(H,39,41). The van der Waals surface area contributed by atoms with Crippen LogP contribution in [0.15, 0.2) is 78.9 Å². The summed E-state index contributed by atoms with van der Waals surface area (Å²) in [5.74, 6) is 0.0744. The van der Waals surface area contributed by atoms with Gasteiger partial charge in [-0.15, -0.1) is 0 Å². The van der Waals surface area contributed by atoms with Gasteiger partial charge >= 0.3 is 0 Å². The highest BCUT2D eigenvalue weighted by molar-refractivity contribution is 6.12. The first kappa shape index (κ1) is 28.8. The van der Waals surface area contributed by atoms with Gasteiger partial charge in [0.1, 0.15) is 11.8 Å². The fourth-order valence-corrected chi connectivity index (χ4v) is 5.46. The number of nitrogens with zero attached hydrogens (tertiary/aromatic N) is 2. The number of benzene rings is 4. The molecule has 2 aliphatic heterocycles. The van der Waals surface area contributed by atoms with E-state index in [0.29, 0.717) is 47.2 Å². The summed E-state index contributed by atoms with van der Waals surface area (Å²) < 4.78 is 10.8. The number of rotatable bonds is 6. The molecule has 222 valence electrons. The van der Waals surface area contributed by atoms with Gasteiger partial charge in [0.05, 0.1) is 53.9 Å². The van der Waals surface area contributed by atoms with Crippen LogP contribution in [-0.2, 0) is 14.9 Å². The zero-order valence-corrected chi connectivity index (χ0v) is 24.9. The van der Waals surface area contributed by atoms with Crippen LogP contribution in [0.2, 0.25) is 0 Å². The molecule has 6 rings (SSSR count). The smallest absolute Gasteiger partial charge is 0.257 e. The quantitative estimate of drug-likeness (QED) is 0.243. The van der Waals surface area contributed by atoms with Crippen molar-refractivity contribution in [2.75, 3.05) is 54.3 Å². The monoisotopic (exact) mass is 587 g/mol. The van der Waals surface area contributed by atoms with Gasteiger partial charge in [-0.1, -0.05) is 18.2 Å². The first-order valence-corrected chi connectivity index (χ1v) is 14.5. The Morgan fingerprint density at radius 1 is 0.909 bits per heavy atom. The Labute approximate surface area is 256 Å². The van der Waals surface area contributed by atoms with E-state index < -0.39 is 5.41 Å². The second-order valence-corrected chi connectivity index (χ2v) is 11.4. The SMILES string of the molecule is COc1cc(-c2ccc3c(c2)Nc2ccc(C(C)(C)C(=O)Nc4ccc(N5CCOCC5)cc4)cc2NC3=O)ccc1C#N. The van der Waals surface area contributed by atoms with Crippen molar-refractivity contribution >= 4 is 40.3 Å². The zero-order valence-electron chi connectivity index (χ0n) is 24.9. The van der Waals surface area contributed by atoms with Crippen LogP contribution in [0, 0.1) is 11.3 Å². The predicted octanol–water partition coefficient (Wildman–Crippen LogP) is 6.30. The minimum absolute atomic E-state index is 0.157. The third-order valence-electron chi connectivity index (χ3n) is 8.25. The molecule has 2 amide bonds. The fourth-order valence-electron chi connectivity index (χ4n) is 5.46. The number of methoxy groups -OCH3 is 1. The summed E-state index contributed by atoms with van der Waals surface area (Å²) in [6.45, 7) is 6.85. The number of morpholine rings is 1. The van der Waals surface area contributed by atoms with Gasteiger partial charge in [0, 0.05) is 24.5 Å². The number of hydrogen-bond acceptors (Lipinski definition) is 7. The Kier molecular flexibility index (Phi) is 7.68. The maximum absolute atomic E-state index is 13.5. The van der Waals surface area contributed by atoms with Crippen LogP contribution in [0.5, 0.6) is 5.75 Å². The molecule has 2 aliphatic rings. The Balaban J connectivity index is 1.21. The summed E-state index contributed by atoms with van der Waals surface area (Å²) in [5.41, 5.74) is 6.30. The molecule has 0 unspecified atom stereocenters. The molecule has 9 nitrogen and oxygen atoms in total. The number of nitrogens with one attached hydrogen (secondary N) is 3. The first-order chi connectivity index (χ1) is 21.3. The topological polar surface area (TPSA) is 116 Å². The molecule has 9 heteroatoms. The highest BCUT2D eigenvalue weighted by Gasteiger charge is 2.31. The number of anilines is 5. The number of ether oxygens (including phenoxy) is 2. The maximum atomic E-state index is 13.5. The van der Waals surface area contributed by atoms with E-state index in [0.717, 1.165) is 41.2 Å². The van der Waals surface area contributed by atoms with Crippen LogP contribution in [0.25, 0.3) is 11.1 Å². The second-order valence-electron chi connectivity index (χ2n) is 11.4. The van der Waals surface area contributed by atoms with Gasteiger partial charge in [0.2, 0.25) is 5.91 Å². The summed E-state index contributed by atoms with van der Waals surface area (Å²) in [5, 5.41) is 18.8. The summed E-state index contributed by atoms with van der Waals surface area (Å²) >= 11 is 0. The molecule has 0 aromatic heterocycles. The Morgan fingerprint density at radius 2 is 1.64 bits per heavy atom. The van der Waals surface area contributed by atoms with Gasteiger partial charge < -0.3 is 30.3 Å². The number of carbonyl (C=O) groups is 2. The van der Waals surface area contributed by atoms with Gasteiger partial charge in [-0.05, 0) is 91.2 Å². The van der Waals surface area contributed by atoms with E-state index in [4.69, 9.17) is 9.47 Å². The summed E-state index contributed by atoms with van der Waals surface area (Å²) in [7, 11) is 1.53. The highest BCUT2D eigenvalue weighted by Crippen LogP contribution is 2.38. The molecule has 1 saturated heterocycles. The zero-order chi connectivity index (χ0) is 30.8. The minimum Gasteiger partial charge on any atom is -0.495 e. The van der Waals surface area contributed by atoms with Crippen LogP contribution in [0.4, 0.5) is 28.4 Å². The Morgan fingerprint density at radius 3 is 2.36 bits per heavy atom. The lowest BCUT2D eigenvalue weighted by atomic mass is 9.83. The van der Waals surface area contributed by atoms with Crippen molar-refractivity contribution in [2.24, 2.45) is 0 Å². The van der Waals surface area contributed by atoms with Crippen LogP contribution >= 0.6 is 0 Å². The molecule has 0 spiro atoms. The van der Waals surface area contributed by atoms with Crippen molar-refractivity contribution in [2.45, 2.75) is 19.3 Å². The lowest BCUT2D eigenvalue weighted by Crippen LogP contribution is -2.36. The van der Waals surface area contributed by atoms with E-state index in [1.807, 2.05) is 80.6 Å². The Bertz CT molecular complexity index is 1790. The van der Waals surface area contributed by atoms with E-state index in [1.54, 1.807) is 12.1 Å². The van der Waals surface area contributed by atoms with Crippen molar-refractivity contribution in [3.8, 4) is 22.9 Å². The van der Waals surface area contributed by atoms with Crippen molar-refractivity contribution < 1.29 is 19.1 Å². The fraction of sp³-hybridized carbons (Fsp3) is 0.229. The number of hydrogen-bond donors (Lipinski definition) is 3. The molecule has 4 aromatic rings. The van der Waals surface area contributed by atoms with Crippen LogP contribution in [-0.4, -0.2) is 45.2 Å². The number of amides is 2. The van der Waals surface area contributed by atoms with Crippen molar-refractivity contribution in [1.29, 1.82) is 5.26 Å². The predicted molar refractivity (Wildman–Crippen MR) is 172 cm³/mol. The summed E-state index contributed by atoms with van der Waals surface area (Å²) in [4.78, 5) is 29.0. The summed E-state index contributed by atoms with van der Waals surface area (Å²) in [6.07, 6.45) is 0. The molecule has 0 saturated carbocycles. The number of carbonyl (C=O) groups excluding carboxylic acids is 2. The first-order valence-electron chi connectivity index (χ1n) is 14.5. The molecule has 4 aromatic carbocycles. The van der Waals surface area contributed by atoms with Crippen molar-refractivity contribution in [3.63, 3.8) is 0 Å². The second kappa shape index (κ2) is 11.7. The minimum atomic E-state index is -0.885.